The summed E-state index contributed by atoms with van der Waals surface area (Å²) in [5, 5.41) is 12.4. The minimum absolute atomic E-state index is 0.0268. The molecule has 0 aliphatic rings. The van der Waals surface area contributed by atoms with Crippen molar-refractivity contribution in [1.29, 1.82) is 0 Å². The standard InChI is InChI=1S/C8H15N3O2S/c1-14-5-3-6(9)8-10-7(2-4-12)11-13-8/h6,12H,2-5,9H2,1H3. The molecule has 0 saturated heterocycles. The van der Waals surface area contributed by atoms with Gasteiger partial charge in [-0.05, 0) is 18.4 Å². The number of thioether (sulfide) groups is 1. The van der Waals surface area contributed by atoms with Crippen LogP contribution >= 0.6 is 11.8 Å². The van der Waals surface area contributed by atoms with Crippen LogP contribution in [0.2, 0.25) is 0 Å². The zero-order valence-electron chi connectivity index (χ0n) is 8.14. The van der Waals surface area contributed by atoms with Gasteiger partial charge in [-0.15, -0.1) is 0 Å². The lowest BCUT2D eigenvalue weighted by Gasteiger charge is -2.03. The molecule has 0 saturated carbocycles. The lowest BCUT2D eigenvalue weighted by Crippen LogP contribution is -2.11. The maximum absolute atomic E-state index is 8.65. The van der Waals surface area contributed by atoms with E-state index in [1.807, 2.05) is 6.26 Å². The van der Waals surface area contributed by atoms with Gasteiger partial charge in [0.1, 0.15) is 0 Å². The van der Waals surface area contributed by atoms with E-state index in [4.69, 9.17) is 15.4 Å². The molecule has 5 nitrogen and oxygen atoms in total. The van der Waals surface area contributed by atoms with E-state index >= 15 is 0 Å². The van der Waals surface area contributed by atoms with Gasteiger partial charge in [0.15, 0.2) is 5.82 Å². The highest BCUT2D eigenvalue weighted by Crippen LogP contribution is 2.13. The van der Waals surface area contributed by atoms with Crippen LogP contribution in [0.5, 0.6) is 0 Å². The Balaban J connectivity index is 2.48. The van der Waals surface area contributed by atoms with E-state index in [9.17, 15) is 0 Å². The SMILES string of the molecule is CSCCC(N)c1nc(CCO)no1. The van der Waals surface area contributed by atoms with Crippen molar-refractivity contribution in [1.82, 2.24) is 10.1 Å². The van der Waals surface area contributed by atoms with Gasteiger partial charge in [0, 0.05) is 6.42 Å². The minimum atomic E-state index is -0.192. The molecule has 0 fully saturated rings. The van der Waals surface area contributed by atoms with Crippen molar-refractivity contribution < 1.29 is 9.63 Å². The molecule has 1 heterocycles. The average molecular weight is 217 g/mol. The number of hydrogen-bond acceptors (Lipinski definition) is 6. The summed E-state index contributed by atoms with van der Waals surface area (Å²) in [7, 11) is 0. The Morgan fingerprint density at radius 2 is 2.43 bits per heavy atom. The first-order valence-electron chi connectivity index (χ1n) is 4.45. The Morgan fingerprint density at radius 3 is 3.07 bits per heavy atom. The molecule has 3 N–H and O–H groups in total. The van der Waals surface area contributed by atoms with Crippen LogP contribution in [0.25, 0.3) is 0 Å². The summed E-state index contributed by atoms with van der Waals surface area (Å²) in [5.41, 5.74) is 5.82. The number of hydrogen-bond donors (Lipinski definition) is 2. The van der Waals surface area contributed by atoms with Gasteiger partial charge in [-0.3, -0.25) is 0 Å². The van der Waals surface area contributed by atoms with E-state index in [0.717, 1.165) is 12.2 Å². The highest BCUT2D eigenvalue weighted by atomic mass is 32.2. The summed E-state index contributed by atoms with van der Waals surface area (Å²) in [5.74, 6) is 1.95. The molecule has 1 unspecified atom stereocenters. The highest BCUT2D eigenvalue weighted by Gasteiger charge is 2.13. The Labute approximate surface area is 87.1 Å². The molecule has 0 aliphatic carbocycles. The number of aliphatic hydroxyl groups excluding tert-OH is 1. The Hall–Kier alpha value is -0.590. The summed E-state index contributed by atoms with van der Waals surface area (Å²) in [6.07, 6.45) is 3.26. The molecular weight excluding hydrogens is 202 g/mol. The lowest BCUT2D eigenvalue weighted by molar-refractivity contribution is 0.292. The number of nitrogens with zero attached hydrogens (tertiary/aromatic N) is 2. The first-order chi connectivity index (χ1) is 6.77. The van der Waals surface area contributed by atoms with Crippen LogP contribution in [0.1, 0.15) is 24.2 Å². The molecule has 0 amide bonds. The maximum Gasteiger partial charge on any atom is 0.243 e. The fourth-order valence-corrected chi connectivity index (χ4v) is 1.48. The van der Waals surface area contributed by atoms with E-state index < -0.39 is 0 Å². The Kier molecular flexibility index (Phi) is 4.92. The zero-order valence-corrected chi connectivity index (χ0v) is 8.96. The smallest absolute Gasteiger partial charge is 0.243 e. The highest BCUT2D eigenvalue weighted by molar-refractivity contribution is 7.98. The van der Waals surface area contributed by atoms with Gasteiger partial charge in [-0.25, -0.2) is 0 Å². The van der Waals surface area contributed by atoms with E-state index in [1.165, 1.54) is 0 Å². The lowest BCUT2D eigenvalue weighted by atomic mass is 10.2. The van der Waals surface area contributed by atoms with Crippen LogP contribution in [0.4, 0.5) is 0 Å². The molecule has 6 heteroatoms. The average Bonchev–Trinajstić information content (AvgIpc) is 2.63. The fourth-order valence-electron chi connectivity index (χ4n) is 0.988. The number of aliphatic hydroxyl groups is 1. The molecule has 1 aromatic heterocycles. The van der Waals surface area contributed by atoms with Gasteiger partial charge in [-0.1, -0.05) is 5.16 Å². The molecule has 0 aromatic carbocycles. The molecule has 0 bridgehead atoms. The van der Waals surface area contributed by atoms with Crippen molar-refractivity contribution in [3.8, 4) is 0 Å². The van der Waals surface area contributed by atoms with E-state index in [1.54, 1.807) is 11.8 Å². The summed E-state index contributed by atoms with van der Waals surface area (Å²) < 4.78 is 4.97. The second kappa shape index (κ2) is 6.00. The van der Waals surface area contributed by atoms with Crippen molar-refractivity contribution in [3.63, 3.8) is 0 Å². The van der Waals surface area contributed by atoms with Crippen molar-refractivity contribution in [2.75, 3.05) is 18.6 Å². The monoisotopic (exact) mass is 217 g/mol. The fraction of sp³-hybridized carbons (Fsp3) is 0.750. The van der Waals surface area contributed by atoms with Crippen LogP contribution in [-0.4, -0.2) is 33.9 Å². The molecule has 1 atom stereocenters. The molecule has 1 aromatic rings. The van der Waals surface area contributed by atoms with E-state index in [2.05, 4.69) is 10.1 Å². The number of rotatable bonds is 6. The molecule has 0 radical (unpaired) electrons. The summed E-state index contributed by atoms with van der Waals surface area (Å²) in [6.45, 7) is 0.0268. The van der Waals surface area contributed by atoms with Crippen molar-refractivity contribution in [2.45, 2.75) is 18.9 Å². The zero-order chi connectivity index (χ0) is 10.4. The van der Waals surface area contributed by atoms with E-state index in [0.29, 0.717) is 18.1 Å². The van der Waals surface area contributed by atoms with Crippen LogP contribution in [0.15, 0.2) is 4.52 Å². The number of nitrogens with two attached hydrogens (primary N) is 1. The third-order valence-electron chi connectivity index (χ3n) is 1.77. The molecule has 80 valence electrons. The first kappa shape index (κ1) is 11.5. The summed E-state index contributed by atoms with van der Waals surface area (Å²) in [4.78, 5) is 4.08. The van der Waals surface area contributed by atoms with Crippen molar-refractivity contribution in [2.24, 2.45) is 5.73 Å². The second-order valence-electron chi connectivity index (χ2n) is 2.91. The number of aromatic nitrogens is 2. The summed E-state index contributed by atoms with van der Waals surface area (Å²) in [6, 6.07) is -0.192. The second-order valence-corrected chi connectivity index (χ2v) is 3.90. The van der Waals surface area contributed by atoms with Gasteiger partial charge in [0.2, 0.25) is 5.89 Å². The molecule has 0 spiro atoms. The maximum atomic E-state index is 8.65. The van der Waals surface area contributed by atoms with Gasteiger partial charge in [0.25, 0.3) is 0 Å². The van der Waals surface area contributed by atoms with Crippen LogP contribution in [-0.2, 0) is 6.42 Å². The third-order valence-corrected chi connectivity index (χ3v) is 2.41. The quantitative estimate of drug-likeness (QED) is 0.715. The molecule has 1 rings (SSSR count). The van der Waals surface area contributed by atoms with Crippen molar-refractivity contribution >= 4 is 11.8 Å². The predicted molar refractivity (Wildman–Crippen MR) is 55.0 cm³/mol. The van der Waals surface area contributed by atoms with Gasteiger partial charge < -0.3 is 15.4 Å². The first-order valence-corrected chi connectivity index (χ1v) is 5.85. The predicted octanol–water partition coefficient (Wildman–Crippen LogP) is 0.357. The topological polar surface area (TPSA) is 85.2 Å². The molecular formula is C8H15N3O2S. The van der Waals surface area contributed by atoms with Gasteiger partial charge in [0.05, 0.1) is 12.6 Å². The van der Waals surface area contributed by atoms with Crippen LogP contribution in [0, 0.1) is 0 Å². The Morgan fingerprint density at radius 1 is 1.64 bits per heavy atom. The van der Waals surface area contributed by atoms with Gasteiger partial charge in [-0.2, -0.15) is 16.7 Å². The minimum Gasteiger partial charge on any atom is -0.396 e. The van der Waals surface area contributed by atoms with Gasteiger partial charge >= 0.3 is 0 Å². The van der Waals surface area contributed by atoms with Crippen molar-refractivity contribution in [3.05, 3.63) is 11.7 Å². The van der Waals surface area contributed by atoms with Crippen LogP contribution in [0.3, 0.4) is 0 Å². The Bertz CT molecular complexity index is 267. The van der Waals surface area contributed by atoms with E-state index in [-0.39, 0.29) is 12.6 Å². The largest absolute Gasteiger partial charge is 0.396 e. The third kappa shape index (κ3) is 3.28. The molecule has 0 aliphatic heterocycles. The normalized spacial score (nSPS) is 13.1. The summed E-state index contributed by atoms with van der Waals surface area (Å²) >= 11 is 1.73. The molecule has 14 heavy (non-hydrogen) atoms. The van der Waals surface area contributed by atoms with Crippen LogP contribution < -0.4 is 5.73 Å².